The molecule has 4 heteroatoms. The Balaban J connectivity index is 2.40. The average molecular weight is 267 g/mol. The number of nitrogens with two attached hydrogens (primary N) is 1. The molecule has 0 heterocycles. The van der Waals surface area contributed by atoms with Crippen LogP contribution < -0.4 is 11.2 Å². The second kappa shape index (κ2) is 6.52. The zero-order valence-electron chi connectivity index (χ0n) is 11.3. The van der Waals surface area contributed by atoms with Crippen molar-refractivity contribution in [3.05, 3.63) is 71.8 Å². The van der Waals surface area contributed by atoms with Gasteiger partial charge in [-0.3, -0.25) is 0 Å². The molecule has 0 spiro atoms. The summed E-state index contributed by atoms with van der Waals surface area (Å²) in [5.74, 6) is -0.00995. The van der Waals surface area contributed by atoms with Gasteiger partial charge in [-0.1, -0.05) is 60.7 Å². The minimum absolute atomic E-state index is 0.00995. The fraction of sp³-hybridized carbons (Fsp3) is 0.125. The van der Waals surface area contributed by atoms with Gasteiger partial charge < -0.3 is 5.73 Å². The van der Waals surface area contributed by atoms with Crippen LogP contribution in [0, 0.1) is 0 Å². The predicted molar refractivity (Wildman–Crippen MR) is 80.6 cm³/mol. The minimum atomic E-state index is -0.663. The summed E-state index contributed by atoms with van der Waals surface area (Å²) in [4.78, 5) is 10.8. The van der Waals surface area contributed by atoms with Crippen molar-refractivity contribution < 1.29 is 4.79 Å². The van der Waals surface area contributed by atoms with Gasteiger partial charge in [-0.2, -0.15) is 5.10 Å². The number of hydrogen-bond acceptors (Lipinski definition) is 2. The molecule has 2 rings (SSSR count). The number of hydrogen-bond donors (Lipinski definition) is 2. The second-order valence-corrected chi connectivity index (χ2v) is 4.48. The van der Waals surface area contributed by atoms with Crippen LogP contribution in [0.4, 0.5) is 4.79 Å². The second-order valence-electron chi connectivity index (χ2n) is 4.48. The molecule has 0 aliphatic carbocycles. The van der Waals surface area contributed by atoms with Gasteiger partial charge in [0, 0.05) is 11.6 Å². The zero-order valence-corrected chi connectivity index (χ0v) is 11.3. The van der Waals surface area contributed by atoms with Crippen LogP contribution in [0.15, 0.2) is 65.8 Å². The monoisotopic (exact) mass is 267 g/mol. The summed E-state index contributed by atoms with van der Waals surface area (Å²) >= 11 is 0. The topological polar surface area (TPSA) is 67.5 Å². The Hall–Kier alpha value is -2.62. The van der Waals surface area contributed by atoms with Gasteiger partial charge in [0.05, 0.1) is 0 Å². The molecule has 102 valence electrons. The van der Waals surface area contributed by atoms with E-state index in [1.54, 1.807) is 0 Å². The Morgan fingerprint density at radius 1 is 1.00 bits per heavy atom. The van der Waals surface area contributed by atoms with Crippen molar-refractivity contribution >= 4 is 11.7 Å². The number of primary amides is 1. The van der Waals surface area contributed by atoms with Crippen molar-refractivity contribution in [2.75, 3.05) is 0 Å². The molecule has 0 atom stereocenters. The van der Waals surface area contributed by atoms with Gasteiger partial charge in [0.2, 0.25) is 0 Å². The highest BCUT2D eigenvalue weighted by molar-refractivity contribution is 5.92. The normalized spacial score (nSPS) is 11.4. The van der Waals surface area contributed by atoms with Gasteiger partial charge in [-0.25, -0.2) is 10.2 Å². The number of nitrogens with zero attached hydrogens (tertiary/aromatic N) is 1. The first kappa shape index (κ1) is 13.8. The van der Waals surface area contributed by atoms with E-state index in [4.69, 9.17) is 5.73 Å². The third kappa shape index (κ3) is 3.45. The molecular weight excluding hydrogens is 250 g/mol. The molecule has 3 N–H and O–H groups in total. The van der Waals surface area contributed by atoms with Crippen LogP contribution in [0.3, 0.4) is 0 Å². The molecule has 4 nitrogen and oxygen atoms in total. The molecule has 0 saturated heterocycles. The number of urea groups is 1. The summed E-state index contributed by atoms with van der Waals surface area (Å²) in [6, 6.07) is 19.4. The molecule has 0 fully saturated rings. The summed E-state index contributed by atoms with van der Waals surface area (Å²) in [7, 11) is 0. The van der Waals surface area contributed by atoms with Crippen LogP contribution in [0.25, 0.3) is 0 Å². The maximum absolute atomic E-state index is 10.8. The lowest BCUT2D eigenvalue weighted by Crippen LogP contribution is -2.26. The number of amides is 2. The first-order valence-corrected chi connectivity index (χ1v) is 6.38. The van der Waals surface area contributed by atoms with E-state index in [9.17, 15) is 4.79 Å². The SMILES string of the molecule is C/C(=N\NC(N)=O)C(c1ccccc1)c1ccccc1. The zero-order chi connectivity index (χ0) is 14.4. The largest absolute Gasteiger partial charge is 0.350 e. The lowest BCUT2D eigenvalue weighted by Gasteiger charge is -2.17. The molecule has 0 saturated carbocycles. The van der Waals surface area contributed by atoms with Crippen molar-refractivity contribution in [3.8, 4) is 0 Å². The van der Waals surface area contributed by atoms with E-state index in [0.717, 1.165) is 16.8 Å². The number of carbonyl (C=O) groups is 1. The molecular formula is C16H17N3O. The van der Waals surface area contributed by atoms with Crippen LogP contribution in [0.2, 0.25) is 0 Å². The molecule has 2 aromatic carbocycles. The molecule has 0 radical (unpaired) electrons. The first-order chi connectivity index (χ1) is 9.68. The summed E-state index contributed by atoms with van der Waals surface area (Å²) in [5.41, 5.74) is 10.4. The Morgan fingerprint density at radius 2 is 1.45 bits per heavy atom. The van der Waals surface area contributed by atoms with Crippen LogP contribution in [0.1, 0.15) is 24.0 Å². The lowest BCUT2D eigenvalue weighted by atomic mass is 9.88. The fourth-order valence-electron chi connectivity index (χ4n) is 2.17. The summed E-state index contributed by atoms with van der Waals surface area (Å²) in [5, 5.41) is 4.07. The molecule has 0 bridgehead atoms. The molecule has 0 unspecified atom stereocenters. The predicted octanol–water partition coefficient (Wildman–Crippen LogP) is 2.86. The van der Waals surface area contributed by atoms with Gasteiger partial charge in [-0.15, -0.1) is 0 Å². The molecule has 0 aliphatic heterocycles. The summed E-state index contributed by atoms with van der Waals surface area (Å²) in [6.45, 7) is 1.88. The van der Waals surface area contributed by atoms with Gasteiger partial charge in [-0.05, 0) is 18.1 Å². The molecule has 20 heavy (non-hydrogen) atoms. The van der Waals surface area contributed by atoms with E-state index in [-0.39, 0.29) is 5.92 Å². The highest BCUT2D eigenvalue weighted by Crippen LogP contribution is 2.25. The fourth-order valence-corrected chi connectivity index (χ4v) is 2.17. The standard InChI is InChI=1S/C16H17N3O/c1-12(18-19-16(17)20)15(13-8-4-2-5-9-13)14-10-6-3-7-11-14/h2-11,15H,1H3,(H3,17,19,20)/b18-12+. The quantitative estimate of drug-likeness (QED) is 0.649. The minimum Gasteiger partial charge on any atom is -0.350 e. The van der Waals surface area contributed by atoms with Crippen molar-refractivity contribution in [3.63, 3.8) is 0 Å². The third-order valence-corrected chi connectivity index (χ3v) is 3.03. The molecule has 2 amide bonds. The Labute approximate surface area is 118 Å². The highest BCUT2D eigenvalue weighted by Gasteiger charge is 2.17. The van der Waals surface area contributed by atoms with E-state index in [2.05, 4.69) is 10.5 Å². The van der Waals surface area contributed by atoms with Crippen molar-refractivity contribution in [1.82, 2.24) is 5.43 Å². The molecule has 0 aromatic heterocycles. The van der Waals surface area contributed by atoms with Crippen molar-refractivity contribution in [1.29, 1.82) is 0 Å². The molecule has 0 aliphatic rings. The van der Waals surface area contributed by atoms with Crippen molar-refractivity contribution in [2.45, 2.75) is 12.8 Å². The Kier molecular flexibility index (Phi) is 4.50. The van der Waals surface area contributed by atoms with E-state index >= 15 is 0 Å². The van der Waals surface area contributed by atoms with Crippen molar-refractivity contribution in [2.24, 2.45) is 10.8 Å². The third-order valence-electron chi connectivity index (χ3n) is 3.03. The smallest absolute Gasteiger partial charge is 0.332 e. The van der Waals surface area contributed by atoms with Gasteiger partial charge in [0.15, 0.2) is 0 Å². The van der Waals surface area contributed by atoms with Gasteiger partial charge in [0.1, 0.15) is 0 Å². The number of carbonyl (C=O) groups excluding carboxylic acids is 1. The summed E-state index contributed by atoms with van der Waals surface area (Å²) in [6.07, 6.45) is 0. The van der Waals surface area contributed by atoms with Crippen LogP contribution in [-0.2, 0) is 0 Å². The first-order valence-electron chi connectivity index (χ1n) is 6.38. The number of nitrogens with one attached hydrogen (secondary N) is 1. The maximum atomic E-state index is 10.8. The van der Waals surface area contributed by atoms with Gasteiger partial charge >= 0.3 is 6.03 Å². The number of rotatable bonds is 4. The Morgan fingerprint density at radius 3 is 1.85 bits per heavy atom. The van der Waals surface area contributed by atoms with E-state index < -0.39 is 6.03 Å². The van der Waals surface area contributed by atoms with Crippen LogP contribution in [-0.4, -0.2) is 11.7 Å². The Bertz CT molecular complexity index is 554. The summed E-state index contributed by atoms with van der Waals surface area (Å²) < 4.78 is 0. The van der Waals surface area contributed by atoms with Gasteiger partial charge in [0.25, 0.3) is 0 Å². The maximum Gasteiger partial charge on any atom is 0.332 e. The van der Waals surface area contributed by atoms with E-state index in [1.165, 1.54) is 0 Å². The number of benzene rings is 2. The van der Waals surface area contributed by atoms with E-state index in [0.29, 0.717) is 0 Å². The van der Waals surface area contributed by atoms with Crippen LogP contribution >= 0.6 is 0 Å². The molecule has 2 aromatic rings. The lowest BCUT2D eigenvalue weighted by molar-refractivity contribution is 0.249. The number of hydrazone groups is 1. The van der Waals surface area contributed by atoms with Crippen LogP contribution in [0.5, 0.6) is 0 Å². The highest BCUT2D eigenvalue weighted by atomic mass is 16.2. The van der Waals surface area contributed by atoms with E-state index in [1.807, 2.05) is 67.6 Å². The average Bonchev–Trinajstić information content (AvgIpc) is 2.48.